The first-order valence-corrected chi connectivity index (χ1v) is 8.52. The fraction of sp³-hybridized carbons (Fsp3) is 0.250. The van der Waals surface area contributed by atoms with Gasteiger partial charge < -0.3 is 19.7 Å². The van der Waals surface area contributed by atoms with Crippen molar-refractivity contribution >= 4 is 29.0 Å². The summed E-state index contributed by atoms with van der Waals surface area (Å²) in [6.07, 6.45) is 0. The molecule has 2 aromatic rings. The molecule has 7 nitrogen and oxygen atoms in total. The molecule has 0 aliphatic carbocycles. The van der Waals surface area contributed by atoms with E-state index in [2.05, 4.69) is 5.32 Å². The standard InChI is InChI=1S/C20H20N2O5/c1-13(23)15-3-6-17(7-4-15)22(14(2)24)12-20(25)21-16-5-8-18-19(11-16)27-10-9-26-18/h3-8,11H,9-10,12H2,1-2H3,(H,21,25). The van der Waals surface area contributed by atoms with Crippen LogP contribution in [0.15, 0.2) is 42.5 Å². The van der Waals surface area contributed by atoms with Crippen LogP contribution in [0.4, 0.5) is 11.4 Å². The van der Waals surface area contributed by atoms with Crippen LogP contribution in [0.2, 0.25) is 0 Å². The number of benzene rings is 2. The van der Waals surface area contributed by atoms with E-state index in [1.807, 2.05) is 0 Å². The van der Waals surface area contributed by atoms with E-state index in [1.165, 1.54) is 18.7 Å². The monoisotopic (exact) mass is 368 g/mol. The van der Waals surface area contributed by atoms with Crippen molar-refractivity contribution in [3.05, 3.63) is 48.0 Å². The second-order valence-electron chi connectivity index (χ2n) is 6.11. The van der Waals surface area contributed by atoms with Gasteiger partial charge in [-0.3, -0.25) is 14.4 Å². The maximum absolute atomic E-state index is 12.4. The Morgan fingerprint density at radius 3 is 2.26 bits per heavy atom. The Bertz CT molecular complexity index is 876. The average Bonchev–Trinajstić information content (AvgIpc) is 2.66. The van der Waals surface area contributed by atoms with E-state index in [4.69, 9.17) is 9.47 Å². The zero-order valence-corrected chi connectivity index (χ0v) is 15.2. The molecule has 2 amide bonds. The van der Waals surface area contributed by atoms with Crippen molar-refractivity contribution in [1.82, 2.24) is 0 Å². The highest BCUT2D eigenvalue weighted by atomic mass is 16.6. The Morgan fingerprint density at radius 2 is 1.63 bits per heavy atom. The molecule has 7 heteroatoms. The summed E-state index contributed by atoms with van der Waals surface area (Å²) in [5.74, 6) is 0.519. The van der Waals surface area contributed by atoms with Gasteiger partial charge in [0.15, 0.2) is 17.3 Å². The highest BCUT2D eigenvalue weighted by molar-refractivity contribution is 6.02. The van der Waals surface area contributed by atoms with Crippen LogP contribution in [-0.2, 0) is 9.59 Å². The number of nitrogens with zero attached hydrogens (tertiary/aromatic N) is 1. The summed E-state index contributed by atoms with van der Waals surface area (Å²) in [5.41, 5.74) is 1.65. The number of rotatable bonds is 5. The van der Waals surface area contributed by atoms with Crippen molar-refractivity contribution < 1.29 is 23.9 Å². The van der Waals surface area contributed by atoms with Crippen LogP contribution in [0.5, 0.6) is 11.5 Å². The number of ketones is 1. The molecule has 140 valence electrons. The lowest BCUT2D eigenvalue weighted by atomic mass is 10.1. The highest BCUT2D eigenvalue weighted by Gasteiger charge is 2.17. The Labute approximate surface area is 156 Å². The normalized spacial score (nSPS) is 12.2. The maximum Gasteiger partial charge on any atom is 0.244 e. The van der Waals surface area contributed by atoms with E-state index in [9.17, 15) is 14.4 Å². The second-order valence-corrected chi connectivity index (χ2v) is 6.11. The SMILES string of the molecule is CC(=O)c1ccc(N(CC(=O)Nc2ccc3c(c2)OCCO3)C(C)=O)cc1. The van der Waals surface area contributed by atoms with Gasteiger partial charge in [0.2, 0.25) is 11.8 Å². The number of hydrogen-bond acceptors (Lipinski definition) is 5. The zero-order chi connectivity index (χ0) is 19.4. The molecule has 27 heavy (non-hydrogen) atoms. The quantitative estimate of drug-likeness (QED) is 0.820. The maximum atomic E-state index is 12.4. The minimum Gasteiger partial charge on any atom is -0.486 e. The third-order valence-electron chi connectivity index (χ3n) is 4.09. The second kappa shape index (κ2) is 7.90. The molecule has 0 aromatic heterocycles. The topological polar surface area (TPSA) is 84.9 Å². The minimum absolute atomic E-state index is 0.0627. The summed E-state index contributed by atoms with van der Waals surface area (Å²) >= 11 is 0. The molecule has 1 heterocycles. The van der Waals surface area contributed by atoms with Gasteiger partial charge in [-0.05, 0) is 43.3 Å². The number of hydrogen-bond donors (Lipinski definition) is 1. The van der Waals surface area contributed by atoms with Gasteiger partial charge in [-0.15, -0.1) is 0 Å². The predicted octanol–water partition coefficient (Wildman–Crippen LogP) is 2.65. The lowest BCUT2D eigenvalue weighted by Gasteiger charge is -2.22. The van der Waals surface area contributed by atoms with Gasteiger partial charge in [-0.25, -0.2) is 0 Å². The van der Waals surface area contributed by atoms with Crippen LogP contribution < -0.4 is 19.7 Å². The molecule has 0 fully saturated rings. The number of Topliss-reactive ketones (excluding diaryl/α,β-unsaturated/α-hetero) is 1. The van der Waals surface area contributed by atoms with E-state index >= 15 is 0 Å². The third kappa shape index (κ3) is 4.44. The molecule has 0 saturated carbocycles. The molecule has 0 spiro atoms. The summed E-state index contributed by atoms with van der Waals surface area (Å²) in [5, 5.41) is 2.75. The molecular formula is C20H20N2O5. The predicted molar refractivity (Wildman–Crippen MR) is 101 cm³/mol. The van der Waals surface area contributed by atoms with Gasteiger partial charge in [0, 0.05) is 29.9 Å². The van der Waals surface area contributed by atoms with Crippen molar-refractivity contribution in [1.29, 1.82) is 0 Å². The van der Waals surface area contributed by atoms with Crippen LogP contribution in [0.3, 0.4) is 0 Å². The van der Waals surface area contributed by atoms with E-state index < -0.39 is 0 Å². The summed E-state index contributed by atoms with van der Waals surface area (Å²) in [4.78, 5) is 37.1. The number of fused-ring (bicyclic) bond motifs is 1. The molecule has 0 radical (unpaired) electrons. The van der Waals surface area contributed by atoms with Crippen LogP contribution in [0.25, 0.3) is 0 Å². The van der Waals surface area contributed by atoms with E-state index in [0.29, 0.717) is 41.7 Å². The Balaban J connectivity index is 1.70. The summed E-state index contributed by atoms with van der Waals surface area (Å²) in [7, 11) is 0. The molecule has 3 rings (SSSR count). The van der Waals surface area contributed by atoms with Gasteiger partial charge >= 0.3 is 0 Å². The number of nitrogens with one attached hydrogen (secondary N) is 1. The van der Waals surface area contributed by atoms with Crippen LogP contribution in [0.1, 0.15) is 24.2 Å². The van der Waals surface area contributed by atoms with Crippen molar-refractivity contribution in [3.8, 4) is 11.5 Å². The first-order valence-electron chi connectivity index (χ1n) is 8.52. The van der Waals surface area contributed by atoms with Crippen LogP contribution in [-0.4, -0.2) is 37.4 Å². The minimum atomic E-state index is -0.350. The van der Waals surface area contributed by atoms with Gasteiger partial charge in [0.1, 0.15) is 19.8 Å². The molecule has 0 unspecified atom stereocenters. The lowest BCUT2D eigenvalue weighted by molar-refractivity contribution is -0.120. The van der Waals surface area contributed by atoms with Crippen molar-refractivity contribution in [2.24, 2.45) is 0 Å². The summed E-state index contributed by atoms with van der Waals surface area (Å²) in [6.45, 7) is 3.66. The van der Waals surface area contributed by atoms with Gasteiger partial charge in [-0.2, -0.15) is 0 Å². The molecular weight excluding hydrogens is 348 g/mol. The van der Waals surface area contributed by atoms with E-state index in [0.717, 1.165) is 0 Å². The van der Waals surface area contributed by atoms with Crippen LogP contribution >= 0.6 is 0 Å². The fourth-order valence-corrected chi connectivity index (χ4v) is 2.73. The van der Waals surface area contributed by atoms with E-state index in [1.54, 1.807) is 42.5 Å². The van der Waals surface area contributed by atoms with Crippen molar-refractivity contribution in [2.45, 2.75) is 13.8 Å². The number of ether oxygens (including phenoxy) is 2. The van der Waals surface area contributed by atoms with E-state index in [-0.39, 0.29) is 24.1 Å². The number of carbonyl (C=O) groups excluding carboxylic acids is 3. The molecule has 1 aliphatic rings. The third-order valence-corrected chi connectivity index (χ3v) is 4.09. The molecule has 0 bridgehead atoms. The Kier molecular flexibility index (Phi) is 5.40. The van der Waals surface area contributed by atoms with Gasteiger partial charge in [0.25, 0.3) is 0 Å². The first kappa shape index (κ1) is 18.4. The average molecular weight is 368 g/mol. The molecule has 1 aliphatic heterocycles. The molecule has 0 saturated heterocycles. The zero-order valence-electron chi connectivity index (χ0n) is 15.2. The smallest absolute Gasteiger partial charge is 0.244 e. The van der Waals surface area contributed by atoms with Crippen molar-refractivity contribution in [2.75, 3.05) is 30.0 Å². The fourth-order valence-electron chi connectivity index (χ4n) is 2.73. The molecule has 1 N–H and O–H groups in total. The number of carbonyl (C=O) groups is 3. The summed E-state index contributed by atoms with van der Waals surface area (Å²) < 4.78 is 10.9. The Hall–Kier alpha value is -3.35. The first-order chi connectivity index (χ1) is 12.9. The lowest BCUT2D eigenvalue weighted by Crippen LogP contribution is -2.36. The number of amides is 2. The molecule has 2 aromatic carbocycles. The van der Waals surface area contributed by atoms with Crippen molar-refractivity contribution in [3.63, 3.8) is 0 Å². The Morgan fingerprint density at radius 1 is 0.963 bits per heavy atom. The summed E-state index contributed by atoms with van der Waals surface area (Å²) in [6, 6.07) is 11.7. The van der Waals surface area contributed by atoms with Gasteiger partial charge in [0.05, 0.1) is 0 Å². The highest BCUT2D eigenvalue weighted by Crippen LogP contribution is 2.32. The van der Waals surface area contributed by atoms with Gasteiger partial charge in [-0.1, -0.05) is 0 Å². The largest absolute Gasteiger partial charge is 0.486 e. The number of anilines is 2. The molecule has 0 atom stereocenters. The van der Waals surface area contributed by atoms with Crippen LogP contribution in [0, 0.1) is 0 Å².